The number of halogens is 2. The molecule has 0 nitrogen and oxygen atoms in total. The molecule has 70 valence electrons. The van der Waals surface area contributed by atoms with Crippen molar-refractivity contribution in [3.05, 3.63) is 66.2 Å². The summed E-state index contributed by atoms with van der Waals surface area (Å²) in [5.41, 5.74) is 0. The zero-order valence-electron chi connectivity index (χ0n) is 7.45. The Bertz CT molecular complexity index is 412. The van der Waals surface area contributed by atoms with E-state index in [0.717, 1.165) is 0 Å². The molecule has 0 heterocycles. The summed E-state index contributed by atoms with van der Waals surface area (Å²) in [6.07, 6.45) is 0. The van der Waals surface area contributed by atoms with Crippen LogP contribution in [-0.4, -0.2) is 0 Å². The van der Waals surface area contributed by atoms with Crippen molar-refractivity contribution < 1.29 is 21.2 Å². The Morgan fingerprint density at radius 3 is 2.21 bits per heavy atom. The van der Waals surface area contributed by atoms with Gasteiger partial charge in [-0.25, -0.2) is 0 Å². The molecule has 2 aromatic carbocycles. The molecule has 2 heteroatoms. The van der Waals surface area contributed by atoms with Crippen molar-refractivity contribution in [2.45, 2.75) is 0 Å². The van der Waals surface area contributed by atoms with Crippen LogP contribution in [0.3, 0.4) is 0 Å². The van der Waals surface area contributed by atoms with Crippen LogP contribution in [0, 0.1) is 7.14 Å². The first-order valence-electron chi connectivity index (χ1n) is 4.30. The van der Waals surface area contributed by atoms with Crippen LogP contribution in [0.4, 0.5) is 0 Å². The molecule has 0 N–H and O–H groups in total. The van der Waals surface area contributed by atoms with Gasteiger partial charge in [0.05, 0.1) is 0 Å². The van der Waals surface area contributed by atoms with Crippen LogP contribution in [-0.2, 0) is 0 Å². The zero-order chi connectivity index (χ0) is 9.80. The van der Waals surface area contributed by atoms with Crippen LogP contribution in [0.5, 0.6) is 0 Å². The number of hydrogen-bond acceptors (Lipinski definition) is 0. The maximum atomic E-state index is 3.49. The molecular formula is C12H9BrI+. The summed E-state index contributed by atoms with van der Waals surface area (Å²) < 4.78 is 4.08. The van der Waals surface area contributed by atoms with Gasteiger partial charge >= 0.3 is 21.2 Å². The standard InChI is InChI=1S/C12H9BrI/c13-10-5-4-8-12(9-10)14-11-6-2-1-3-7-11/h1-9H/q+1. The Labute approximate surface area is 103 Å². The van der Waals surface area contributed by atoms with Crippen LogP contribution < -0.4 is 21.2 Å². The third-order valence-electron chi connectivity index (χ3n) is 1.74. The number of rotatable bonds is 2. The van der Waals surface area contributed by atoms with Gasteiger partial charge in [0.25, 0.3) is 0 Å². The van der Waals surface area contributed by atoms with E-state index in [0.29, 0.717) is 0 Å². The van der Waals surface area contributed by atoms with Crippen molar-refractivity contribution >= 4 is 15.9 Å². The normalized spacial score (nSPS) is 10.1. The molecule has 0 spiro atoms. The van der Waals surface area contributed by atoms with Crippen LogP contribution in [0.2, 0.25) is 0 Å². The number of hydrogen-bond donors (Lipinski definition) is 0. The van der Waals surface area contributed by atoms with Crippen molar-refractivity contribution in [1.29, 1.82) is 0 Å². The third kappa shape index (κ3) is 2.82. The highest BCUT2D eigenvalue weighted by Gasteiger charge is 2.14. The van der Waals surface area contributed by atoms with E-state index in [1.807, 2.05) is 0 Å². The van der Waals surface area contributed by atoms with Crippen LogP contribution >= 0.6 is 15.9 Å². The molecule has 0 aromatic heterocycles. The van der Waals surface area contributed by atoms with Crippen LogP contribution in [0.25, 0.3) is 0 Å². The Hall–Kier alpha value is -0.350. The first-order valence-corrected chi connectivity index (χ1v) is 7.25. The Morgan fingerprint density at radius 1 is 0.786 bits per heavy atom. The monoisotopic (exact) mass is 359 g/mol. The molecule has 0 saturated carbocycles. The SMILES string of the molecule is Brc1cccc([I+]c2ccccc2)c1. The molecule has 0 atom stereocenters. The molecule has 0 bridgehead atoms. The molecule has 2 rings (SSSR count). The fraction of sp³-hybridized carbons (Fsp3) is 0. The highest BCUT2D eigenvalue weighted by Crippen LogP contribution is 2.05. The van der Waals surface area contributed by atoms with Crippen LogP contribution in [0.15, 0.2) is 59.1 Å². The molecule has 0 fully saturated rings. The van der Waals surface area contributed by atoms with E-state index >= 15 is 0 Å². The molecule has 0 saturated heterocycles. The second kappa shape index (κ2) is 4.94. The van der Waals surface area contributed by atoms with Crippen molar-refractivity contribution in [3.63, 3.8) is 0 Å². The van der Waals surface area contributed by atoms with E-state index < -0.39 is 0 Å². The summed E-state index contributed by atoms with van der Waals surface area (Å²) in [5, 5.41) is 0. The summed E-state index contributed by atoms with van der Waals surface area (Å²) in [7, 11) is 0. The lowest BCUT2D eigenvalue weighted by Crippen LogP contribution is -3.61. The maximum Gasteiger partial charge on any atom is 0.357 e. The third-order valence-corrected chi connectivity index (χ3v) is 4.87. The van der Waals surface area contributed by atoms with E-state index in [-0.39, 0.29) is 21.2 Å². The van der Waals surface area contributed by atoms with E-state index in [4.69, 9.17) is 0 Å². The van der Waals surface area contributed by atoms with Crippen molar-refractivity contribution in [3.8, 4) is 0 Å². The highest BCUT2D eigenvalue weighted by atomic mass is 127. The molecule has 0 radical (unpaired) electrons. The largest absolute Gasteiger partial charge is 0.357 e. The summed E-state index contributed by atoms with van der Waals surface area (Å²) >= 11 is 3.48. The Balaban J connectivity index is 2.19. The second-order valence-electron chi connectivity index (χ2n) is 2.83. The molecule has 0 amide bonds. The molecule has 2 aromatic rings. The summed E-state index contributed by atoms with van der Waals surface area (Å²) in [6.45, 7) is 0. The first kappa shape index (κ1) is 10.2. The lowest BCUT2D eigenvalue weighted by Gasteiger charge is -1.87. The molecule has 0 unspecified atom stereocenters. The average Bonchev–Trinajstić information content (AvgIpc) is 2.19. The van der Waals surface area contributed by atoms with E-state index in [1.165, 1.54) is 11.6 Å². The van der Waals surface area contributed by atoms with Gasteiger partial charge in [0, 0.05) is 10.5 Å². The highest BCUT2D eigenvalue weighted by molar-refractivity contribution is 9.10. The van der Waals surface area contributed by atoms with Gasteiger partial charge < -0.3 is 0 Å². The molecule has 14 heavy (non-hydrogen) atoms. The Morgan fingerprint density at radius 2 is 1.50 bits per heavy atom. The lowest BCUT2D eigenvalue weighted by molar-refractivity contribution is -0.597. The number of benzene rings is 2. The topological polar surface area (TPSA) is 0 Å². The van der Waals surface area contributed by atoms with Gasteiger partial charge in [-0.2, -0.15) is 0 Å². The van der Waals surface area contributed by atoms with Gasteiger partial charge in [0.1, 0.15) is 0 Å². The minimum atomic E-state index is -0.0181. The van der Waals surface area contributed by atoms with E-state index in [1.54, 1.807) is 0 Å². The fourth-order valence-electron chi connectivity index (χ4n) is 1.12. The molecule has 0 aliphatic carbocycles. The van der Waals surface area contributed by atoms with Crippen molar-refractivity contribution in [1.82, 2.24) is 0 Å². The summed E-state index contributed by atoms with van der Waals surface area (Å²) in [5.74, 6) is 0. The maximum absolute atomic E-state index is 3.49. The molecule has 0 aliphatic rings. The van der Waals surface area contributed by atoms with Gasteiger partial charge in [-0.05, 0) is 24.3 Å². The van der Waals surface area contributed by atoms with Crippen molar-refractivity contribution in [2.24, 2.45) is 0 Å². The first-order chi connectivity index (χ1) is 6.84. The van der Waals surface area contributed by atoms with Gasteiger partial charge in [0.2, 0.25) is 0 Å². The molecular weight excluding hydrogens is 351 g/mol. The smallest absolute Gasteiger partial charge is 0.0619 e. The van der Waals surface area contributed by atoms with E-state index in [9.17, 15) is 0 Å². The fourth-order valence-corrected chi connectivity index (χ4v) is 4.32. The summed E-state index contributed by atoms with van der Waals surface area (Å²) in [6, 6.07) is 19.3. The lowest BCUT2D eigenvalue weighted by atomic mass is 10.4. The van der Waals surface area contributed by atoms with E-state index in [2.05, 4.69) is 70.5 Å². The quantitative estimate of drug-likeness (QED) is 0.688. The second-order valence-corrected chi connectivity index (χ2v) is 6.78. The van der Waals surface area contributed by atoms with Gasteiger partial charge in [-0.1, -0.05) is 40.2 Å². The van der Waals surface area contributed by atoms with Gasteiger partial charge in [-0.3, -0.25) is 0 Å². The zero-order valence-corrected chi connectivity index (χ0v) is 11.2. The minimum absolute atomic E-state index is 0.0181. The molecule has 0 aliphatic heterocycles. The predicted octanol–water partition coefficient (Wildman–Crippen LogP) is 0.577. The predicted molar refractivity (Wildman–Crippen MR) is 58.0 cm³/mol. The Kier molecular flexibility index (Phi) is 3.59. The summed E-state index contributed by atoms with van der Waals surface area (Å²) in [4.78, 5) is 0. The van der Waals surface area contributed by atoms with Gasteiger partial charge in [0.15, 0.2) is 7.14 Å². The average molecular weight is 360 g/mol. The van der Waals surface area contributed by atoms with Crippen molar-refractivity contribution in [2.75, 3.05) is 0 Å². The minimum Gasteiger partial charge on any atom is -0.0619 e. The van der Waals surface area contributed by atoms with Crippen LogP contribution in [0.1, 0.15) is 0 Å². The van der Waals surface area contributed by atoms with Gasteiger partial charge in [-0.15, -0.1) is 0 Å².